The number of rotatable bonds is 10. The predicted octanol–water partition coefficient (Wildman–Crippen LogP) is 29.2. The van der Waals surface area contributed by atoms with Crippen molar-refractivity contribution in [1.82, 2.24) is 13.7 Å². The first-order valence-electron chi connectivity index (χ1n) is 40.4. The summed E-state index contributed by atoms with van der Waals surface area (Å²) in [6.45, 7) is 2.79. The van der Waals surface area contributed by atoms with Crippen molar-refractivity contribution < 1.29 is 23.4 Å². The smallest absolute Gasteiger partial charge is 0.139 e. The third-order valence-electron chi connectivity index (χ3n) is 23.7. The molecular weight excluding hydrogens is 1580 g/mol. The van der Waals surface area contributed by atoms with Gasteiger partial charge in [-0.1, -0.05) is 196 Å². The van der Waals surface area contributed by atoms with Gasteiger partial charge in [0.25, 0.3) is 0 Å². The van der Waals surface area contributed by atoms with E-state index in [1.54, 1.807) is 0 Å². The number of ether oxygens (including phenoxy) is 2. The van der Waals surface area contributed by atoms with E-state index in [2.05, 4.69) is 345 Å². The summed E-state index contributed by atoms with van der Waals surface area (Å²) in [7, 11) is 0. The molecule has 0 unspecified atom stereocenters. The van der Waals surface area contributed by atoms with Crippen LogP contribution in [0, 0.1) is 0 Å². The first-order chi connectivity index (χ1) is 58.2. The van der Waals surface area contributed by atoms with Crippen molar-refractivity contribution in [3.05, 3.63) is 371 Å². The molecule has 0 spiro atoms. The molecular formula is C105H76Br2N6O5. The molecule has 0 radical (unpaired) electrons. The quantitative estimate of drug-likeness (QED) is 0.145. The predicted molar refractivity (Wildman–Crippen MR) is 492 cm³/mol. The van der Waals surface area contributed by atoms with Crippen molar-refractivity contribution in [3.63, 3.8) is 0 Å². The third kappa shape index (κ3) is 12.7. The fraction of sp³-hybridized carbons (Fsp3) is 0.0857. The summed E-state index contributed by atoms with van der Waals surface area (Å²) in [4.78, 5) is 7.22. The average Bonchev–Trinajstić information content (AvgIpc) is 1.60. The van der Waals surface area contributed by atoms with E-state index >= 15 is 0 Å². The Bertz CT molecular complexity index is 7060. The molecule has 1 N–H and O–H groups in total. The van der Waals surface area contributed by atoms with Gasteiger partial charge in [0.05, 0.1) is 50.2 Å². The SMILES string of the molecule is Brc1ccc2c(c1)oc1cc(Br)ccc12.Oc1cc(N2CCCc3ccccc32)cc(-n2c3ccccc3c3ccccc32)c1.c1ccc2c(c1)CCCN2c1cc(Oc2ccc3c(c2)oc2cc(Oc4cc(N5CCCc6ccccc65)cc(-n5c6ccccc6c6ccccc65)c4)ccc23)cc(-n2c3ccccc3c3ccccc32)c1. The lowest BCUT2D eigenvalue weighted by Crippen LogP contribution is -2.24. The number of anilines is 6. The summed E-state index contributed by atoms with van der Waals surface area (Å²) in [5.74, 6) is 3.17. The highest BCUT2D eigenvalue weighted by atomic mass is 79.9. The van der Waals surface area contributed by atoms with Crippen LogP contribution in [0.1, 0.15) is 36.0 Å². The Hall–Kier alpha value is -13.7. The van der Waals surface area contributed by atoms with Crippen LogP contribution in [0.5, 0.6) is 28.7 Å². The van der Waals surface area contributed by atoms with Crippen molar-refractivity contribution >= 4 is 175 Å². The van der Waals surface area contributed by atoms with Gasteiger partial charge in [-0.2, -0.15) is 0 Å². The van der Waals surface area contributed by atoms with Gasteiger partial charge in [0.2, 0.25) is 0 Å². The first kappa shape index (κ1) is 70.9. The Morgan fingerprint density at radius 3 is 0.864 bits per heavy atom. The van der Waals surface area contributed by atoms with E-state index < -0.39 is 0 Å². The monoisotopic (exact) mass is 1660 g/mol. The van der Waals surface area contributed by atoms with Gasteiger partial charge in [-0.3, -0.25) is 0 Å². The molecule has 0 fully saturated rings. The van der Waals surface area contributed by atoms with Gasteiger partial charge < -0.3 is 51.8 Å². The number of phenols is 1. The van der Waals surface area contributed by atoms with E-state index in [0.29, 0.717) is 11.5 Å². The van der Waals surface area contributed by atoms with Crippen molar-refractivity contribution in [2.45, 2.75) is 38.5 Å². The summed E-state index contributed by atoms with van der Waals surface area (Å²) >= 11 is 6.87. The molecule has 5 aromatic heterocycles. The van der Waals surface area contributed by atoms with Crippen LogP contribution in [-0.4, -0.2) is 38.4 Å². The number of hydrogen-bond acceptors (Lipinski definition) is 8. The zero-order valence-corrected chi connectivity index (χ0v) is 67.5. The largest absolute Gasteiger partial charge is 0.508 e. The molecule has 570 valence electrons. The van der Waals surface area contributed by atoms with E-state index in [9.17, 15) is 5.11 Å². The number of nitrogens with zero attached hydrogens (tertiary/aromatic N) is 6. The zero-order chi connectivity index (χ0) is 78.5. The number of benzene rings is 16. The number of phenolic OH excluding ortho intramolecular Hbond substituents is 1. The summed E-state index contributed by atoms with van der Waals surface area (Å²) in [5, 5.41) is 22.3. The highest BCUT2D eigenvalue weighted by Crippen LogP contribution is 2.46. The Morgan fingerprint density at radius 2 is 0.517 bits per heavy atom. The third-order valence-corrected chi connectivity index (χ3v) is 24.7. The first-order valence-corrected chi connectivity index (χ1v) is 42.0. The number of halogens is 2. The number of fused-ring (bicyclic) bond motifs is 18. The number of para-hydroxylation sites is 9. The van der Waals surface area contributed by atoms with Crippen LogP contribution in [-0.2, 0) is 19.3 Å². The molecule has 13 heteroatoms. The van der Waals surface area contributed by atoms with E-state index in [-0.39, 0.29) is 5.75 Å². The molecule has 11 nitrogen and oxygen atoms in total. The zero-order valence-electron chi connectivity index (χ0n) is 64.3. The van der Waals surface area contributed by atoms with Gasteiger partial charge in [0, 0.05) is 165 Å². The Labute approximate surface area is 697 Å². The summed E-state index contributed by atoms with van der Waals surface area (Å²) in [6.07, 6.45) is 6.50. The highest BCUT2D eigenvalue weighted by molar-refractivity contribution is 9.10. The van der Waals surface area contributed by atoms with Crippen molar-refractivity contribution in [2.24, 2.45) is 0 Å². The summed E-state index contributed by atoms with van der Waals surface area (Å²) in [6, 6.07) is 121. The summed E-state index contributed by atoms with van der Waals surface area (Å²) < 4.78 is 35.3. The van der Waals surface area contributed by atoms with E-state index in [4.69, 9.17) is 18.3 Å². The van der Waals surface area contributed by atoms with Gasteiger partial charge >= 0.3 is 0 Å². The van der Waals surface area contributed by atoms with Gasteiger partial charge in [0.15, 0.2) is 0 Å². The maximum absolute atomic E-state index is 10.7. The highest BCUT2D eigenvalue weighted by Gasteiger charge is 2.26. The van der Waals surface area contributed by atoms with Gasteiger partial charge in [-0.05, 0) is 189 Å². The van der Waals surface area contributed by atoms with Crippen LogP contribution in [0.3, 0.4) is 0 Å². The van der Waals surface area contributed by atoms with Crippen molar-refractivity contribution in [1.29, 1.82) is 0 Å². The maximum atomic E-state index is 10.7. The van der Waals surface area contributed by atoms with Crippen LogP contribution in [0.2, 0.25) is 0 Å². The number of aryl methyl sites for hydroxylation is 3. The van der Waals surface area contributed by atoms with Crippen LogP contribution >= 0.6 is 31.9 Å². The molecule has 0 amide bonds. The number of furan rings is 2. The number of aromatic hydroxyl groups is 1. The van der Waals surface area contributed by atoms with Crippen LogP contribution in [0.25, 0.3) is 126 Å². The second-order valence-corrected chi connectivity index (χ2v) is 32.7. The lowest BCUT2D eigenvalue weighted by Gasteiger charge is -2.32. The van der Waals surface area contributed by atoms with E-state index in [1.165, 1.54) is 66.1 Å². The lowest BCUT2D eigenvalue weighted by atomic mass is 10.0. The number of aromatic nitrogens is 3. The van der Waals surface area contributed by atoms with E-state index in [1.807, 2.05) is 60.7 Å². The van der Waals surface area contributed by atoms with Gasteiger partial charge in [-0.25, -0.2) is 0 Å². The molecule has 24 rings (SSSR count). The second kappa shape index (κ2) is 29.5. The minimum Gasteiger partial charge on any atom is -0.508 e. The molecule has 8 heterocycles. The summed E-state index contributed by atoms with van der Waals surface area (Å²) in [5.41, 5.74) is 24.3. The van der Waals surface area contributed by atoms with Crippen LogP contribution in [0.15, 0.2) is 364 Å². The molecule has 118 heavy (non-hydrogen) atoms. The maximum Gasteiger partial charge on any atom is 0.139 e. The molecule has 0 saturated carbocycles. The fourth-order valence-corrected chi connectivity index (χ4v) is 19.2. The minimum absolute atomic E-state index is 0.285. The van der Waals surface area contributed by atoms with Gasteiger partial charge in [0.1, 0.15) is 51.1 Å². The Morgan fingerprint density at radius 1 is 0.246 bits per heavy atom. The van der Waals surface area contributed by atoms with Crippen LogP contribution < -0.4 is 24.2 Å². The Balaban J connectivity index is 0.000000151. The average molecular weight is 1660 g/mol. The topological polar surface area (TPSA) is 89.5 Å². The molecule has 0 bridgehead atoms. The molecule has 16 aromatic carbocycles. The molecule has 3 aliphatic heterocycles. The fourth-order valence-electron chi connectivity index (χ4n) is 18.6. The lowest BCUT2D eigenvalue weighted by molar-refractivity contribution is 0.475. The molecule has 3 aliphatic rings. The van der Waals surface area contributed by atoms with Gasteiger partial charge in [-0.15, -0.1) is 0 Å². The molecule has 0 atom stereocenters. The normalized spacial score (nSPS) is 13.4. The molecule has 0 saturated heterocycles. The second-order valence-electron chi connectivity index (χ2n) is 30.8. The Kier molecular flexibility index (Phi) is 17.7. The molecule has 0 aliphatic carbocycles. The number of hydrogen-bond donors (Lipinski definition) is 1. The standard InChI is InChI=1S/C66H48N4O3.C27H22N2O.C12H6Br2O/c1-7-23-59-43(15-1)17-13-33-67(59)45-35-47(69-61-25-9-3-19-53(61)54-20-4-10-26-62(54)69)39-51(37-45)71-49-29-31-57-58-32-30-50(42-66(58)73-65(57)41-49)72-52-38-46(68-34-14-18-44-16-2-8-24-60(44)68)36-48(40-52)70-63-27-11-5-21-55(63)56-22-6-12-28-64(56)70;30-22-17-20(28-15-7-9-19-8-1-4-12-25(19)28)16-21(18-22)29-26-13-5-2-10-23(26)24-11-3-6-14-27(24)29;13-7-1-3-9-10-4-2-8(14)6-12(10)15-11(9)5-7/h1-12,15-16,19-32,35-42H,13-14,17-18,33-34H2;1-6,8,10-14,16-18,30H,7,9,15H2;1-6H. The minimum atomic E-state index is 0.285. The molecule has 21 aromatic rings. The van der Waals surface area contributed by atoms with E-state index in [0.717, 1.165) is 190 Å². The van der Waals surface area contributed by atoms with Crippen LogP contribution in [0.4, 0.5) is 34.1 Å². The van der Waals surface area contributed by atoms with Crippen molar-refractivity contribution in [3.8, 4) is 45.8 Å². The van der Waals surface area contributed by atoms with Crippen molar-refractivity contribution in [2.75, 3.05) is 34.3 Å².